The summed E-state index contributed by atoms with van der Waals surface area (Å²) >= 11 is 0. The molecular weight excluding hydrogens is 252 g/mol. The van der Waals surface area contributed by atoms with E-state index >= 15 is 0 Å². The molecule has 1 heterocycles. The van der Waals surface area contributed by atoms with E-state index in [1.165, 1.54) is 5.56 Å². The Morgan fingerprint density at radius 1 is 1.15 bits per heavy atom. The number of furan rings is 1. The third kappa shape index (κ3) is 3.27. The predicted octanol–water partition coefficient (Wildman–Crippen LogP) is 3.29. The molecule has 2 rings (SSSR count). The smallest absolute Gasteiger partial charge is 0.291 e. The van der Waals surface area contributed by atoms with Crippen molar-refractivity contribution in [1.29, 1.82) is 0 Å². The van der Waals surface area contributed by atoms with Crippen LogP contribution in [0.2, 0.25) is 0 Å². The fourth-order valence-electron chi connectivity index (χ4n) is 1.86. The second-order valence-corrected chi connectivity index (χ2v) is 5.75. The van der Waals surface area contributed by atoms with Crippen LogP contribution in [-0.4, -0.2) is 5.91 Å². The van der Waals surface area contributed by atoms with Crippen LogP contribution >= 0.6 is 0 Å². The van der Waals surface area contributed by atoms with Gasteiger partial charge in [-0.25, -0.2) is 0 Å². The maximum atomic E-state index is 12.0. The Labute approximate surface area is 119 Å². The molecular formula is C16H20N2O2. The number of nitrogens with one attached hydrogen (secondary N) is 1. The van der Waals surface area contributed by atoms with E-state index in [0.29, 0.717) is 5.76 Å². The lowest BCUT2D eigenvalue weighted by Gasteiger charge is -2.19. The number of rotatable bonds is 3. The van der Waals surface area contributed by atoms with E-state index in [2.05, 4.69) is 26.1 Å². The van der Waals surface area contributed by atoms with Crippen molar-refractivity contribution >= 4 is 11.6 Å². The molecule has 1 amide bonds. The van der Waals surface area contributed by atoms with Crippen LogP contribution in [0.5, 0.6) is 0 Å². The van der Waals surface area contributed by atoms with Gasteiger partial charge in [0.2, 0.25) is 0 Å². The Morgan fingerprint density at radius 2 is 1.80 bits per heavy atom. The first-order chi connectivity index (χ1) is 9.40. The average Bonchev–Trinajstić information content (AvgIpc) is 2.87. The zero-order chi connectivity index (χ0) is 14.8. The monoisotopic (exact) mass is 272 g/mol. The zero-order valence-corrected chi connectivity index (χ0v) is 12.1. The standard InChI is InChI=1S/C16H20N2O2/c1-16(2,3)11-4-6-12(7-5-11)18-15(19)14-9-8-13(10-17)20-14/h4-9H,10,17H2,1-3H3,(H,18,19). The number of hydrogen-bond acceptors (Lipinski definition) is 3. The zero-order valence-electron chi connectivity index (χ0n) is 12.1. The van der Waals surface area contributed by atoms with E-state index in [0.717, 1.165) is 5.69 Å². The second kappa shape index (κ2) is 5.51. The molecule has 0 bridgehead atoms. The molecule has 0 unspecified atom stereocenters. The molecule has 106 valence electrons. The van der Waals surface area contributed by atoms with E-state index in [4.69, 9.17) is 10.2 Å². The Balaban J connectivity index is 2.08. The highest BCUT2D eigenvalue weighted by molar-refractivity contribution is 6.02. The third-order valence-corrected chi connectivity index (χ3v) is 3.10. The van der Waals surface area contributed by atoms with Crippen molar-refractivity contribution in [3.8, 4) is 0 Å². The van der Waals surface area contributed by atoms with E-state index < -0.39 is 0 Å². The predicted molar refractivity (Wildman–Crippen MR) is 79.7 cm³/mol. The van der Waals surface area contributed by atoms with Crippen LogP contribution in [0.3, 0.4) is 0 Å². The lowest BCUT2D eigenvalue weighted by Crippen LogP contribution is -2.13. The molecule has 4 heteroatoms. The van der Waals surface area contributed by atoms with Crippen LogP contribution in [0.15, 0.2) is 40.8 Å². The number of nitrogens with two attached hydrogens (primary N) is 1. The molecule has 0 fully saturated rings. The van der Waals surface area contributed by atoms with Gasteiger partial charge in [-0.3, -0.25) is 4.79 Å². The van der Waals surface area contributed by atoms with Crippen molar-refractivity contribution in [2.45, 2.75) is 32.7 Å². The average molecular weight is 272 g/mol. The van der Waals surface area contributed by atoms with Crippen LogP contribution in [0.1, 0.15) is 42.6 Å². The van der Waals surface area contributed by atoms with Crippen LogP contribution in [-0.2, 0) is 12.0 Å². The van der Waals surface area contributed by atoms with E-state index in [1.54, 1.807) is 12.1 Å². The molecule has 0 aliphatic carbocycles. The highest BCUT2D eigenvalue weighted by Crippen LogP contribution is 2.23. The van der Waals surface area contributed by atoms with Gasteiger partial charge in [0.1, 0.15) is 5.76 Å². The number of anilines is 1. The van der Waals surface area contributed by atoms with E-state index in [9.17, 15) is 4.79 Å². The van der Waals surface area contributed by atoms with Gasteiger partial charge in [0.05, 0.1) is 6.54 Å². The summed E-state index contributed by atoms with van der Waals surface area (Å²) in [5.41, 5.74) is 7.51. The SMILES string of the molecule is CC(C)(C)c1ccc(NC(=O)c2ccc(CN)o2)cc1. The molecule has 1 aromatic carbocycles. The first-order valence-corrected chi connectivity index (χ1v) is 6.61. The summed E-state index contributed by atoms with van der Waals surface area (Å²) in [4.78, 5) is 12.0. The summed E-state index contributed by atoms with van der Waals surface area (Å²) in [7, 11) is 0. The maximum absolute atomic E-state index is 12.0. The van der Waals surface area contributed by atoms with Crippen LogP contribution in [0.25, 0.3) is 0 Å². The summed E-state index contributed by atoms with van der Waals surface area (Å²) in [6, 6.07) is 11.2. The number of carbonyl (C=O) groups excluding carboxylic acids is 1. The lowest BCUT2D eigenvalue weighted by molar-refractivity contribution is 0.0995. The minimum atomic E-state index is -0.270. The van der Waals surface area contributed by atoms with Crippen molar-refractivity contribution in [3.63, 3.8) is 0 Å². The van der Waals surface area contributed by atoms with E-state index in [-0.39, 0.29) is 23.6 Å². The molecule has 0 aliphatic heterocycles. The van der Waals surface area contributed by atoms with E-state index in [1.807, 2.05) is 24.3 Å². The van der Waals surface area contributed by atoms with Gasteiger partial charge >= 0.3 is 0 Å². The number of amides is 1. The topological polar surface area (TPSA) is 68.3 Å². The lowest BCUT2D eigenvalue weighted by atomic mass is 9.87. The number of hydrogen-bond donors (Lipinski definition) is 2. The normalized spacial score (nSPS) is 11.4. The number of benzene rings is 1. The minimum absolute atomic E-state index is 0.0968. The Kier molecular flexibility index (Phi) is 3.95. The molecule has 1 aromatic heterocycles. The highest BCUT2D eigenvalue weighted by atomic mass is 16.4. The van der Waals surface area contributed by atoms with Gasteiger partial charge in [-0.2, -0.15) is 0 Å². The molecule has 2 aromatic rings. The Morgan fingerprint density at radius 3 is 2.30 bits per heavy atom. The van der Waals surface area contributed by atoms with Gasteiger partial charge in [0.25, 0.3) is 5.91 Å². The molecule has 0 saturated carbocycles. The summed E-state index contributed by atoms with van der Waals surface area (Å²) in [5, 5.41) is 2.80. The van der Waals surface area contributed by atoms with Crippen molar-refractivity contribution in [2.75, 3.05) is 5.32 Å². The van der Waals surface area contributed by atoms with Gasteiger partial charge in [-0.05, 0) is 35.2 Å². The van der Waals surface area contributed by atoms with Crippen molar-refractivity contribution in [3.05, 3.63) is 53.5 Å². The molecule has 20 heavy (non-hydrogen) atoms. The first-order valence-electron chi connectivity index (χ1n) is 6.61. The van der Waals surface area contributed by atoms with Gasteiger partial charge in [-0.1, -0.05) is 32.9 Å². The largest absolute Gasteiger partial charge is 0.455 e. The fraction of sp³-hybridized carbons (Fsp3) is 0.312. The summed E-state index contributed by atoms with van der Waals surface area (Å²) in [6.45, 7) is 6.74. The molecule has 3 N–H and O–H groups in total. The van der Waals surface area contributed by atoms with Gasteiger partial charge in [0.15, 0.2) is 5.76 Å². The van der Waals surface area contributed by atoms with Crippen LogP contribution < -0.4 is 11.1 Å². The van der Waals surface area contributed by atoms with Gasteiger partial charge in [-0.15, -0.1) is 0 Å². The van der Waals surface area contributed by atoms with Gasteiger partial charge < -0.3 is 15.5 Å². The molecule has 0 spiro atoms. The quantitative estimate of drug-likeness (QED) is 0.900. The van der Waals surface area contributed by atoms with Gasteiger partial charge in [0, 0.05) is 5.69 Å². The minimum Gasteiger partial charge on any atom is -0.455 e. The number of carbonyl (C=O) groups is 1. The molecule has 4 nitrogen and oxygen atoms in total. The molecule has 0 radical (unpaired) electrons. The summed E-state index contributed by atoms with van der Waals surface area (Å²) in [6.07, 6.45) is 0. The molecule has 0 atom stereocenters. The second-order valence-electron chi connectivity index (χ2n) is 5.75. The van der Waals surface area contributed by atoms with Crippen LogP contribution in [0, 0.1) is 0 Å². The molecule has 0 aliphatic rings. The van der Waals surface area contributed by atoms with Crippen molar-refractivity contribution in [1.82, 2.24) is 0 Å². The first kappa shape index (κ1) is 14.3. The van der Waals surface area contributed by atoms with Crippen LogP contribution in [0.4, 0.5) is 5.69 Å². The Bertz CT molecular complexity index is 592. The fourth-order valence-corrected chi connectivity index (χ4v) is 1.86. The van der Waals surface area contributed by atoms with Crippen molar-refractivity contribution < 1.29 is 9.21 Å². The summed E-state index contributed by atoms with van der Waals surface area (Å²) in [5.74, 6) is 0.594. The highest BCUT2D eigenvalue weighted by Gasteiger charge is 2.14. The maximum Gasteiger partial charge on any atom is 0.291 e. The molecule has 0 saturated heterocycles. The third-order valence-electron chi connectivity index (χ3n) is 3.10. The summed E-state index contributed by atoms with van der Waals surface area (Å²) < 4.78 is 5.31. The Hall–Kier alpha value is -2.07. The van der Waals surface area contributed by atoms with Crippen molar-refractivity contribution in [2.24, 2.45) is 5.73 Å².